The van der Waals surface area contributed by atoms with Crippen molar-refractivity contribution in [3.63, 3.8) is 0 Å². The minimum absolute atomic E-state index is 0.534. The maximum Gasteiger partial charge on any atom is 0.0475 e. The van der Waals surface area contributed by atoms with Gasteiger partial charge in [0, 0.05) is 10.9 Å². The van der Waals surface area contributed by atoms with E-state index in [2.05, 4.69) is 33.8 Å². The van der Waals surface area contributed by atoms with Gasteiger partial charge in [0.2, 0.25) is 0 Å². The van der Waals surface area contributed by atoms with Gasteiger partial charge in [0.25, 0.3) is 0 Å². The van der Waals surface area contributed by atoms with Crippen LogP contribution < -0.4 is 0 Å². The second kappa shape index (κ2) is 3.83. The first kappa shape index (κ1) is 11.0. The van der Waals surface area contributed by atoms with E-state index in [-0.39, 0.29) is 0 Å². The van der Waals surface area contributed by atoms with Crippen LogP contribution in [0.25, 0.3) is 0 Å². The lowest BCUT2D eigenvalue weighted by molar-refractivity contribution is 0.856. The Morgan fingerprint density at radius 3 is 2.60 bits per heavy atom. The molecule has 0 aromatic heterocycles. The number of fused-ring (bicyclic) bond motifs is 1. The zero-order valence-corrected chi connectivity index (χ0v) is 10.8. The molecule has 0 spiro atoms. The van der Waals surface area contributed by atoms with Crippen molar-refractivity contribution < 1.29 is 0 Å². The van der Waals surface area contributed by atoms with Crippen LogP contribution in [0, 0.1) is 0 Å². The summed E-state index contributed by atoms with van der Waals surface area (Å²) in [4.78, 5) is 0. The van der Waals surface area contributed by atoms with E-state index in [9.17, 15) is 0 Å². The molecule has 1 heteroatoms. The second-order valence-electron chi connectivity index (χ2n) is 4.89. The zero-order chi connectivity index (χ0) is 11.2. The highest BCUT2D eigenvalue weighted by Gasteiger charge is 2.33. The summed E-state index contributed by atoms with van der Waals surface area (Å²) < 4.78 is 0. The third-order valence-electron chi connectivity index (χ3n) is 3.40. The van der Waals surface area contributed by atoms with Crippen molar-refractivity contribution in [2.45, 2.75) is 52.4 Å². The molecule has 1 unspecified atom stereocenters. The molecular weight excluding hydrogens is 204 g/mol. The Bertz CT molecular complexity index is 391. The van der Waals surface area contributed by atoms with Crippen molar-refractivity contribution in [3.8, 4) is 0 Å². The minimum atomic E-state index is 0.534. The van der Waals surface area contributed by atoms with Crippen LogP contribution in [0.2, 0.25) is 5.02 Å². The predicted octanol–water partition coefficient (Wildman–Crippen LogP) is 4.88. The molecule has 1 aliphatic rings. The molecule has 1 aromatic rings. The van der Waals surface area contributed by atoms with Crippen LogP contribution in [0.1, 0.15) is 68.2 Å². The highest BCUT2D eigenvalue weighted by molar-refractivity contribution is 6.32. The average Bonchev–Trinajstić information content (AvgIpc) is 2.81. The Morgan fingerprint density at radius 1 is 1.40 bits per heavy atom. The summed E-state index contributed by atoms with van der Waals surface area (Å²) in [6, 6.07) is 2.31. The van der Waals surface area contributed by atoms with Crippen LogP contribution in [-0.2, 0) is 6.42 Å². The van der Waals surface area contributed by atoms with Gasteiger partial charge in [-0.15, -0.1) is 0 Å². The molecule has 0 aliphatic heterocycles. The molecule has 1 aliphatic carbocycles. The van der Waals surface area contributed by atoms with Crippen LogP contribution in [0.5, 0.6) is 0 Å². The van der Waals surface area contributed by atoms with Crippen molar-refractivity contribution in [1.82, 2.24) is 0 Å². The molecule has 0 nitrogen and oxygen atoms in total. The van der Waals surface area contributed by atoms with E-state index < -0.39 is 0 Å². The summed E-state index contributed by atoms with van der Waals surface area (Å²) in [5.74, 6) is 1.20. The number of rotatable bonds is 3. The van der Waals surface area contributed by atoms with Crippen LogP contribution in [0.3, 0.4) is 0 Å². The molecular formula is C14H19Cl. The van der Waals surface area contributed by atoms with Gasteiger partial charge in [-0.2, -0.15) is 0 Å². The molecule has 0 saturated heterocycles. The Kier molecular flexibility index (Phi) is 2.81. The molecule has 0 heterocycles. The fraction of sp³-hybridized carbons (Fsp3) is 0.571. The van der Waals surface area contributed by atoms with E-state index in [1.807, 2.05) is 0 Å². The van der Waals surface area contributed by atoms with Crippen molar-refractivity contribution >= 4 is 11.6 Å². The normalized spacial score (nSPS) is 18.1. The van der Waals surface area contributed by atoms with Gasteiger partial charge in [-0.3, -0.25) is 0 Å². The van der Waals surface area contributed by atoms with E-state index in [0.29, 0.717) is 11.8 Å². The molecule has 82 valence electrons. The van der Waals surface area contributed by atoms with Gasteiger partial charge in [-0.1, -0.05) is 51.8 Å². The first-order chi connectivity index (χ1) is 7.07. The summed E-state index contributed by atoms with van der Waals surface area (Å²) in [6.07, 6.45) is 2.31. The SMILES string of the molecule is CCCc1c(Cl)c(C(C)C)cc2c1C2C. The summed E-state index contributed by atoms with van der Waals surface area (Å²) in [5.41, 5.74) is 5.83. The molecule has 0 N–H and O–H groups in total. The molecule has 1 aromatic carbocycles. The molecule has 0 saturated carbocycles. The Labute approximate surface area is 97.6 Å². The highest BCUT2D eigenvalue weighted by Crippen LogP contribution is 2.50. The summed E-state index contributed by atoms with van der Waals surface area (Å²) in [5, 5.41) is 1.04. The van der Waals surface area contributed by atoms with Gasteiger partial charge in [0.1, 0.15) is 0 Å². The molecule has 1 atom stereocenters. The minimum Gasteiger partial charge on any atom is -0.0837 e. The van der Waals surface area contributed by atoms with Gasteiger partial charge in [0.05, 0.1) is 0 Å². The maximum atomic E-state index is 6.49. The third-order valence-corrected chi connectivity index (χ3v) is 3.85. The van der Waals surface area contributed by atoms with E-state index >= 15 is 0 Å². The lowest BCUT2D eigenvalue weighted by Gasteiger charge is -2.11. The average molecular weight is 223 g/mol. The molecule has 0 radical (unpaired) electrons. The van der Waals surface area contributed by atoms with E-state index in [4.69, 9.17) is 11.6 Å². The van der Waals surface area contributed by atoms with Gasteiger partial charge in [0.15, 0.2) is 0 Å². The topological polar surface area (TPSA) is 0 Å². The summed E-state index contributed by atoms with van der Waals surface area (Å²) >= 11 is 6.49. The lowest BCUT2D eigenvalue weighted by atomic mass is 9.99. The molecule has 0 fully saturated rings. The van der Waals surface area contributed by atoms with Gasteiger partial charge >= 0.3 is 0 Å². The Morgan fingerprint density at radius 2 is 2.07 bits per heavy atom. The highest BCUT2D eigenvalue weighted by atomic mass is 35.5. The maximum absolute atomic E-state index is 6.49. The fourth-order valence-corrected chi connectivity index (χ4v) is 2.90. The van der Waals surface area contributed by atoms with Crippen LogP contribution >= 0.6 is 11.6 Å². The van der Waals surface area contributed by atoms with Crippen LogP contribution in [0.15, 0.2) is 6.07 Å². The third kappa shape index (κ3) is 1.69. The Hall–Kier alpha value is -0.490. The smallest absolute Gasteiger partial charge is 0.0475 e. The van der Waals surface area contributed by atoms with Gasteiger partial charge in [-0.05, 0) is 34.6 Å². The van der Waals surface area contributed by atoms with Crippen molar-refractivity contribution in [3.05, 3.63) is 33.3 Å². The predicted molar refractivity (Wildman–Crippen MR) is 67.1 cm³/mol. The molecule has 0 amide bonds. The monoisotopic (exact) mass is 222 g/mol. The largest absolute Gasteiger partial charge is 0.0837 e. The van der Waals surface area contributed by atoms with E-state index in [0.717, 1.165) is 11.4 Å². The molecule has 15 heavy (non-hydrogen) atoms. The Balaban J connectivity index is 2.50. The number of halogens is 1. The van der Waals surface area contributed by atoms with E-state index in [1.54, 1.807) is 0 Å². The quantitative estimate of drug-likeness (QED) is 0.684. The summed E-state index contributed by atoms with van der Waals surface area (Å²) in [7, 11) is 0. The lowest BCUT2D eigenvalue weighted by Crippen LogP contribution is -1.93. The second-order valence-corrected chi connectivity index (χ2v) is 5.27. The first-order valence-corrected chi connectivity index (χ1v) is 6.30. The summed E-state index contributed by atoms with van der Waals surface area (Å²) in [6.45, 7) is 8.94. The number of hydrogen-bond donors (Lipinski definition) is 0. The van der Waals surface area contributed by atoms with E-state index in [1.165, 1.54) is 28.7 Å². The van der Waals surface area contributed by atoms with Crippen molar-refractivity contribution in [2.75, 3.05) is 0 Å². The van der Waals surface area contributed by atoms with Crippen molar-refractivity contribution in [2.24, 2.45) is 0 Å². The van der Waals surface area contributed by atoms with Gasteiger partial charge in [-0.25, -0.2) is 0 Å². The van der Waals surface area contributed by atoms with Crippen LogP contribution in [0.4, 0.5) is 0 Å². The van der Waals surface area contributed by atoms with Crippen LogP contribution in [-0.4, -0.2) is 0 Å². The molecule has 0 bridgehead atoms. The number of hydrogen-bond acceptors (Lipinski definition) is 0. The van der Waals surface area contributed by atoms with Gasteiger partial charge < -0.3 is 0 Å². The fourth-order valence-electron chi connectivity index (χ4n) is 2.43. The zero-order valence-electron chi connectivity index (χ0n) is 10.0. The molecule has 2 rings (SSSR count). The first-order valence-electron chi connectivity index (χ1n) is 5.93. The standard InChI is InChI=1S/C14H19Cl/c1-5-6-10-13-9(4)12(13)7-11(8(2)3)14(10)15/h7-9H,5-6H2,1-4H3. The van der Waals surface area contributed by atoms with Crippen molar-refractivity contribution in [1.29, 1.82) is 0 Å². The number of benzene rings is 1.